The SMILES string of the molecule is COc1ccc2c(c1)c(C(C)=O)cn2CC(=O)N1C[C@H](F)[C@@H](OC)[C@H]1C(=O)CCc1cccc(Cl)c1F. The van der Waals surface area contributed by atoms with Gasteiger partial charge in [-0.25, -0.2) is 8.78 Å². The summed E-state index contributed by atoms with van der Waals surface area (Å²) < 4.78 is 41.3. The molecule has 1 fully saturated rings. The molecule has 0 aliphatic carbocycles. The number of hydrogen-bond acceptors (Lipinski definition) is 5. The summed E-state index contributed by atoms with van der Waals surface area (Å²) in [6, 6.07) is 8.51. The van der Waals surface area contributed by atoms with Crippen LogP contribution in [0.3, 0.4) is 0 Å². The molecule has 37 heavy (non-hydrogen) atoms. The third kappa shape index (κ3) is 5.24. The number of carbonyl (C=O) groups excluding carboxylic acids is 3. The van der Waals surface area contributed by atoms with Gasteiger partial charge in [0.25, 0.3) is 0 Å². The predicted octanol–water partition coefficient (Wildman–Crippen LogP) is 4.41. The number of alkyl halides is 1. The fraction of sp³-hybridized carbons (Fsp3) is 0.370. The van der Waals surface area contributed by atoms with Gasteiger partial charge in [-0.3, -0.25) is 14.4 Å². The summed E-state index contributed by atoms with van der Waals surface area (Å²) in [5, 5.41) is 0.568. The van der Waals surface area contributed by atoms with Crippen molar-refractivity contribution < 1.29 is 32.6 Å². The Hall–Kier alpha value is -3.30. The number of ketones is 2. The zero-order valence-corrected chi connectivity index (χ0v) is 21.4. The number of methoxy groups -OCH3 is 2. The summed E-state index contributed by atoms with van der Waals surface area (Å²) in [7, 11) is 2.80. The fourth-order valence-electron chi connectivity index (χ4n) is 4.87. The number of nitrogens with zero attached hydrogens (tertiary/aromatic N) is 2. The number of likely N-dealkylation sites (tertiary alicyclic amines) is 1. The third-order valence-corrected chi connectivity index (χ3v) is 7.03. The molecule has 0 N–H and O–H groups in total. The maximum absolute atomic E-state index is 14.9. The molecular weight excluding hydrogens is 506 g/mol. The summed E-state index contributed by atoms with van der Waals surface area (Å²) >= 11 is 5.83. The van der Waals surface area contributed by atoms with Crippen molar-refractivity contribution in [1.82, 2.24) is 9.47 Å². The number of rotatable bonds is 9. The lowest BCUT2D eigenvalue weighted by Crippen LogP contribution is -2.47. The van der Waals surface area contributed by atoms with Crippen LogP contribution in [0.2, 0.25) is 5.02 Å². The number of halogens is 3. The van der Waals surface area contributed by atoms with Gasteiger partial charge in [0, 0.05) is 36.2 Å². The quantitative estimate of drug-likeness (QED) is 0.381. The minimum absolute atomic E-state index is 0.0448. The molecule has 2 heterocycles. The zero-order valence-electron chi connectivity index (χ0n) is 20.7. The number of carbonyl (C=O) groups is 3. The standard InChI is InChI=1S/C27H27ClF2N2O5/c1-15(33)19-12-31(22-9-8-17(36-2)11-18(19)22)14-24(35)32-13-21(29)27(37-3)26(32)23(34)10-7-16-5-4-6-20(28)25(16)30/h4-6,8-9,11-12,21,26-27H,7,10,13-14H2,1-3H3/t21-,26+,27+/m0/s1. The van der Waals surface area contributed by atoms with E-state index in [-0.39, 0.29) is 42.3 Å². The number of fused-ring (bicyclic) bond motifs is 1. The van der Waals surface area contributed by atoms with E-state index in [9.17, 15) is 23.2 Å². The maximum Gasteiger partial charge on any atom is 0.243 e. The molecule has 1 amide bonds. The van der Waals surface area contributed by atoms with E-state index in [0.29, 0.717) is 22.2 Å². The van der Waals surface area contributed by atoms with E-state index in [4.69, 9.17) is 21.1 Å². The molecule has 1 aliphatic rings. The minimum Gasteiger partial charge on any atom is -0.497 e. The highest BCUT2D eigenvalue weighted by Gasteiger charge is 2.48. The number of amides is 1. The van der Waals surface area contributed by atoms with Crippen LogP contribution in [0.4, 0.5) is 8.78 Å². The van der Waals surface area contributed by atoms with Crippen LogP contribution in [-0.4, -0.2) is 66.0 Å². The van der Waals surface area contributed by atoms with Crippen molar-refractivity contribution in [2.75, 3.05) is 20.8 Å². The van der Waals surface area contributed by atoms with Crippen molar-refractivity contribution in [3.05, 3.63) is 64.6 Å². The number of Topliss-reactive ketones (excluding diaryl/α,β-unsaturated/α-hetero) is 2. The van der Waals surface area contributed by atoms with E-state index >= 15 is 0 Å². The molecule has 196 valence electrons. The van der Waals surface area contributed by atoms with Crippen LogP contribution in [-0.2, 0) is 27.3 Å². The molecule has 1 aromatic heterocycles. The molecule has 0 saturated carbocycles. The largest absolute Gasteiger partial charge is 0.497 e. The topological polar surface area (TPSA) is 77.8 Å². The van der Waals surface area contributed by atoms with Gasteiger partial charge >= 0.3 is 0 Å². The van der Waals surface area contributed by atoms with Crippen LogP contribution in [0.1, 0.15) is 29.3 Å². The second-order valence-electron chi connectivity index (χ2n) is 9.00. The fourth-order valence-corrected chi connectivity index (χ4v) is 5.06. The Morgan fingerprint density at radius 1 is 1.16 bits per heavy atom. The lowest BCUT2D eigenvalue weighted by Gasteiger charge is -2.26. The van der Waals surface area contributed by atoms with Gasteiger partial charge in [0.1, 0.15) is 36.4 Å². The monoisotopic (exact) mass is 532 g/mol. The van der Waals surface area contributed by atoms with Gasteiger partial charge in [0.05, 0.1) is 18.7 Å². The number of aromatic nitrogens is 1. The number of ether oxygens (including phenoxy) is 2. The van der Waals surface area contributed by atoms with Gasteiger partial charge < -0.3 is 18.9 Å². The molecule has 10 heteroatoms. The minimum atomic E-state index is -1.57. The summed E-state index contributed by atoms with van der Waals surface area (Å²) in [4.78, 5) is 40.0. The molecule has 3 atom stereocenters. The Bertz CT molecular complexity index is 1360. The Kier molecular flexibility index (Phi) is 7.94. The van der Waals surface area contributed by atoms with Gasteiger partial charge in [0.15, 0.2) is 11.6 Å². The second-order valence-corrected chi connectivity index (χ2v) is 9.40. The average Bonchev–Trinajstić information content (AvgIpc) is 3.41. The smallest absolute Gasteiger partial charge is 0.243 e. The first-order chi connectivity index (χ1) is 17.7. The summed E-state index contributed by atoms with van der Waals surface area (Å²) in [5.41, 5.74) is 1.30. The Balaban J connectivity index is 1.58. The molecule has 1 saturated heterocycles. The first-order valence-corrected chi connectivity index (χ1v) is 12.1. The van der Waals surface area contributed by atoms with Gasteiger partial charge in [-0.15, -0.1) is 0 Å². The van der Waals surface area contributed by atoms with Gasteiger partial charge in [0.2, 0.25) is 5.91 Å². The highest BCUT2D eigenvalue weighted by atomic mass is 35.5. The summed E-state index contributed by atoms with van der Waals surface area (Å²) in [5.74, 6) is -1.18. The lowest BCUT2D eigenvalue weighted by molar-refractivity contribution is -0.140. The van der Waals surface area contributed by atoms with Crippen molar-refractivity contribution in [3.63, 3.8) is 0 Å². The third-order valence-electron chi connectivity index (χ3n) is 6.74. The highest BCUT2D eigenvalue weighted by molar-refractivity contribution is 6.30. The second kappa shape index (κ2) is 11.0. The molecule has 2 aromatic carbocycles. The lowest BCUT2D eigenvalue weighted by atomic mass is 9.99. The van der Waals surface area contributed by atoms with Crippen LogP contribution in [0.5, 0.6) is 5.75 Å². The van der Waals surface area contributed by atoms with Gasteiger partial charge in [-0.1, -0.05) is 23.7 Å². The molecule has 3 aromatic rings. The number of aryl methyl sites for hydroxylation is 1. The molecule has 0 radical (unpaired) electrons. The zero-order chi connectivity index (χ0) is 26.9. The van der Waals surface area contributed by atoms with Crippen LogP contribution in [0.25, 0.3) is 10.9 Å². The molecule has 1 aliphatic heterocycles. The van der Waals surface area contributed by atoms with Crippen molar-refractivity contribution in [2.24, 2.45) is 0 Å². The van der Waals surface area contributed by atoms with Crippen LogP contribution in [0.15, 0.2) is 42.6 Å². The van der Waals surface area contributed by atoms with Crippen LogP contribution < -0.4 is 4.74 Å². The highest BCUT2D eigenvalue weighted by Crippen LogP contribution is 2.29. The number of hydrogen-bond donors (Lipinski definition) is 0. The Morgan fingerprint density at radius 2 is 1.92 bits per heavy atom. The van der Waals surface area contributed by atoms with Crippen LogP contribution in [0, 0.1) is 5.82 Å². The molecule has 0 unspecified atom stereocenters. The van der Waals surface area contributed by atoms with Crippen LogP contribution >= 0.6 is 11.6 Å². The summed E-state index contributed by atoms with van der Waals surface area (Å²) in [6.45, 7) is 0.896. The molecule has 0 spiro atoms. The number of benzene rings is 2. The predicted molar refractivity (Wildman–Crippen MR) is 134 cm³/mol. The molecule has 4 rings (SSSR count). The van der Waals surface area contributed by atoms with E-state index in [1.165, 1.54) is 38.2 Å². The maximum atomic E-state index is 14.9. The summed E-state index contributed by atoms with van der Waals surface area (Å²) in [6.07, 6.45) is -1.22. The Morgan fingerprint density at radius 3 is 2.59 bits per heavy atom. The average molecular weight is 533 g/mol. The van der Waals surface area contributed by atoms with Crippen molar-refractivity contribution >= 4 is 40.0 Å². The van der Waals surface area contributed by atoms with Gasteiger partial charge in [-0.2, -0.15) is 0 Å². The molecule has 7 nitrogen and oxygen atoms in total. The van der Waals surface area contributed by atoms with Crippen molar-refractivity contribution in [1.29, 1.82) is 0 Å². The first-order valence-electron chi connectivity index (χ1n) is 11.8. The first kappa shape index (κ1) is 26.8. The van der Waals surface area contributed by atoms with E-state index in [1.807, 2.05) is 0 Å². The van der Waals surface area contributed by atoms with Crippen molar-refractivity contribution in [3.8, 4) is 5.75 Å². The van der Waals surface area contributed by atoms with Gasteiger partial charge in [-0.05, 0) is 43.2 Å². The molecular formula is C27H27ClF2N2O5. The van der Waals surface area contributed by atoms with E-state index in [1.54, 1.807) is 35.0 Å². The normalized spacial score (nSPS) is 19.4. The Labute approximate surface area is 217 Å². The van der Waals surface area contributed by atoms with E-state index in [2.05, 4.69) is 0 Å². The van der Waals surface area contributed by atoms with E-state index < -0.39 is 35.8 Å². The van der Waals surface area contributed by atoms with E-state index in [0.717, 1.165) is 0 Å². The molecule has 0 bridgehead atoms. The van der Waals surface area contributed by atoms with Crippen molar-refractivity contribution in [2.45, 2.75) is 44.6 Å².